The fourth-order valence-electron chi connectivity index (χ4n) is 2.84. The number of carbonyl (C=O) groups is 1. The van der Waals surface area contributed by atoms with Crippen LogP contribution in [-0.4, -0.2) is 51.1 Å². The van der Waals surface area contributed by atoms with Gasteiger partial charge in [-0.3, -0.25) is 4.79 Å². The molecule has 0 spiro atoms. The molecule has 1 amide bonds. The van der Waals surface area contributed by atoms with E-state index in [-0.39, 0.29) is 17.6 Å². The average Bonchev–Trinajstić information content (AvgIpc) is 2.52. The molecule has 1 aromatic rings. The number of carbonyl (C=O) groups excluding carboxylic acids is 1. The van der Waals surface area contributed by atoms with Gasteiger partial charge in [0.1, 0.15) is 5.82 Å². The Kier molecular flexibility index (Phi) is 6.19. The van der Waals surface area contributed by atoms with E-state index in [2.05, 4.69) is 10.2 Å². The zero-order valence-electron chi connectivity index (χ0n) is 13.5. The van der Waals surface area contributed by atoms with Crippen molar-refractivity contribution in [1.82, 2.24) is 10.2 Å². The first-order chi connectivity index (χ1) is 10.6. The van der Waals surface area contributed by atoms with Crippen molar-refractivity contribution in [3.05, 3.63) is 30.1 Å². The number of benzene rings is 1. The van der Waals surface area contributed by atoms with Crippen molar-refractivity contribution in [1.29, 1.82) is 0 Å². The summed E-state index contributed by atoms with van der Waals surface area (Å²) in [5.41, 5.74) is 0.646. The molecule has 0 saturated carbocycles. The number of nitrogens with one attached hydrogen (secondary N) is 1. The molecule has 0 radical (unpaired) electrons. The maximum Gasteiger partial charge on any atom is 0.223 e. The van der Waals surface area contributed by atoms with Crippen LogP contribution in [0.15, 0.2) is 24.3 Å². The second-order valence-electron chi connectivity index (χ2n) is 6.16. The molecule has 0 bridgehead atoms. The first kappa shape index (κ1) is 16.7. The van der Waals surface area contributed by atoms with E-state index in [0.717, 1.165) is 45.4 Å². The lowest BCUT2D eigenvalue weighted by atomic mass is 9.95. The third-order valence-electron chi connectivity index (χ3n) is 4.14. The van der Waals surface area contributed by atoms with Crippen molar-refractivity contribution < 1.29 is 9.18 Å². The van der Waals surface area contributed by atoms with Gasteiger partial charge in [-0.1, -0.05) is 12.1 Å². The number of nitrogens with zero attached hydrogens (tertiary/aromatic N) is 2. The Morgan fingerprint density at radius 1 is 1.32 bits per heavy atom. The van der Waals surface area contributed by atoms with Gasteiger partial charge in [0.25, 0.3) is 0 Å². The van der Waals surface area contributed by atoms with Crippen LogP contribution < -0.4 is 10.2 Å². The first-order valence-electron chi connectivity index (χ1n) is 8.00. The van der Waals surface area contributed by atoms with Crippen LogP contribution in [0.1, 0.15) is 19.3 Å². The summed E-state index contributed by atoms with van der Waals surface area (Å²) in [7, 11) is 4.06. The van der Waals surface area contributed by atoms with Crippen molar-refractivity contribution in [3.63, 3.8) is 0 Å². The van der Waals surface area contributed by atoms with Crippen molar-refractivity contribution in [2.45, 2.75) is 19.3 Å². The van der Waals surface area contributed by atoms with E-state index in [1.54, 1.807) is 12.1 Å². The summed E-state index contributed by atoms with van der Waals surface area (Å²) < 4.78 is 13.8. The summed E-state index contributed by atoms with van der Waals surface area (Å²) in [5, 5.41) is 3.02. The van der Waals surface area contributed by atoms with E-state index in [0.29, 0.717) is 5.69 Å². The lowest BCUT2D eigenvalue weighted by Gasteiger charge is -2.33. The van der Waals surface area contributed by atoms with Gasteiger partial charge in [0.2, 0.25) is 5.91 Å². The molecule has 22 heavy (non-hydrogen) atoms. The maximum atomic E-state index is 13.8. The molecule has 1 saturated heterocycles. The smallest absolute Gasteiger partial charge is 0.223 e. The second-order valence-corrected chi connectivity index (χ2v) is 6.16. The van der Waals surface area contributed by atoms with E-state index in [4.69, 9.17) is 0 Å². The number of halogens is 1. The molecule has 0 atom stereocenters. The third kappa shape index (κ3) is 4.70. The molecule has 2 rings (SSSR count). The van der Waals surface area contributed by atoms with Crippen molar-refractivity contribution in [3.8, 4) is 0 Å². The molecule has 4 nitrogen and oxygen atoms in total. The van der Waals surface area contributed by atoms with Gasteiger partial charge in [0.05, 0.1) is 5.69 Å². The molecule has 5 heteroatoms. The van der Waals surface area contributed by atoms with E-state index in [1.165, 1.54) is 6.07 Å². The Bertz CT molecular complexity index is 485. The SMILES string of the molecule is CN(C)CCCNC(=O)C1CCN(c2ccccc2F)CC1. The minimum atomic E-state index is -0.186. The van der Waals surface area contributed by atoms with Crippen molar-refractivity contribution in [2.24, 2.45) is 5.92 Å². The van der Waals surface area contributed by atoms with Crippen molar-refractivity contribution in [2.75, 3.05) is 45.2 Å². The van der Waals surface area contributed by atoms with Crippen LogP contribution in [0.4, 0.5) is 10.1 Å². The van der Waals surface area contributed by atoms with Crippen LogP contribution in [0, 0.1) is 11.7 Å². The fourth-order valence-corrected chi connectivity index (χ4v) is 2.84. The molecule has 1 aliphatic rings. The van der Waals surface area contributed by atoms with E-state index < -0.39 is 0 Å². The number of anilines is 1. The Morgan fingerprint density at radius 2 is 2.00 bits per heavy atom. The molecular formula is C17H26FN3O. The van der Waals surface area contributed by atoms with Gasteiger partial charge in [0, 0.05) is 25.6 Å². The van der Waals surface area contributed by atoms with Crippen LogP contribution in [0.25, 0.3) is 0 Å². The molecular weight excluding hydrogens is 281 g/mol. The summed E-state index contributed by atoms with van der Waals surface area (Å²) >= 11 is 0. The minimum absolute atomic E-state index is 0.0578. The van der Waals surface area contributed by atoms with Gasteiger partial charge in [-0.15, -0.1) is 0 Å². The topological polar surface area (TPSA) is 35.6 Å². The van der Waals surface area contributed by atoms with E-state index in [9.17, 15) is 9.18 Å². The zero-order chi connectivity index (χ0) is 15.9. The van der Waals surface area contributed by atoms with Crippen LogP contribution in [0.3, 0.4) is 0 Å². The minimum Gasteiger partial charge on any atom is -0.369 e. The van der Waals surface area contributed by atoms with Gasteiger partial charge >= 0.3 is 0 Å². The van der Waals surface area contributed by atoms with Crippen LogP contribution >= 0.6 is 0 Å². The van der Waals surface area contributed by atoms with Crippen LogP contribution in [0.2, 0.25) is 0 Å². The number of amides is 1. The molecule has 0 unspecified atom stereocenters. The Balaban J connectivity index is 1.75. The zero-order valence-corrected chi connectivity index (χ0v) is 13.5. The first-order valence-corrected chi connectivity index (χ1v) is 8.00. The molecule has 122 valence electrons. The number of para-hydroxylation sites is 1. The highest BCUT2D eigenvalue weighted by atomic mass is 19.1. The highest BCUT2D eigenvalue weighted by molar-refractivity contribution is 5.79. The van der Waals surface area contributed by atoms with Gasteiger partial charge in [-0.05, 0) is 52.0 Å². The monoisotopic (exact) mass is 307 g/mol. The highest BCUT2D eigenvalue weighted by Gasteiger charge is 2.25. The summed E-state index contributed by atoms with van der Waals surface area (Å²) in [6.07, 6.45) is 2.54. The van der Waals surface area contributed by atoms with Crippen LogP contribution in [0.5, 0.6) is 0 Å². The predicted octanol–water partition coefficient (Wildman–Crippen LogP) is 2.11. The molecule has 1 aromatic carbocycles. The lowest BCUT2D eigenvalue weighted by molar-refractivity contribution is -0.125. The Labute approximate surface area is 132 Å². The number of rotatable bonds is 6. The van der Waals surface area contributed by atoms with E-state index >= 15 is 0 Å². The second kappa shape index (κ2) is 8.13. The molecule has 0 aliphatic carbocycles. The summed E-state index contributed by atoms with van der Waals surface area (Å²) in [6.45, 7) is 3.17. The molecule has 1 N–H and O–H groups in total. The van der Waals surface area contributed by atoms with Crippen LogP contribution in [-0.2, 0) is 4.79 Å². The standard InChI is InChI=1S/C17H26FN3O/c1-20(2)11-5-10-19-17(22)14-8-12-21(13-9-14)16-7-4-3-6-15(16)18/h3-4,6-7,14H,5,8-13H2,1-2H3,(H,19,22). The largest absolute Gasteiger partial charge is 0.369 e. The van der Waals surface area contributed by atoms with Gasteiger partial charge < -0.3 is 15.1 Å². The molecule has 1 aliphatic heterocycles. The van der Waals surface area contributed by atoms with Gasteiger partial charge in [-0.25, -0.2) is 4.39 Å². The Hall–Kier alpha value is -1.62. The quantitative estimate of drug-likeness (QED) is 0.818. The molecule has 1 fully saturated rings. The van der Waals surface area contributed by atoms with Crippen molar-refractivity contribution >= 4 is 11.6 Å². The normalized spacial score (nSPS) is 16.1. The number of piperidine rings is 1. The molecule has 0 aromatic heterocycles. The third-order valence-corrected chi connectivity index (χ3v) is 4.14. The number of hydrogen-bond donors (Lipinski definition) is 1. The summed E-state index contributed by atoms with van der Waals surface area (Å²) in [5.74, 6) is 0.0170. The average molecular weight is 307 g/mol. The summed E-state index contributed by atoms with van der Waals surface area (Å²) in [4.78, 5) is 16.3. The van der Waals surface area contributed by atoms with E-state index in [1.807, 2.05) is 25.1 Å². The van der Waals surface area contributed by atoms with Gasteiger partial charge in [-0.2, -0.15) is 0 Å². The highest BCUT2D eigenvalue weighted by Crippen LogP contribution is 2.25. The number of hydrogen-bond acceptors (Lipinski definition) is 3. The Morgan fingerprint density at radius 3 is 2.64 bits per heavy atom. The fraction of sp³-hybridized carbons (Fsp3) is 0.588. The molecule has 1 heterocycles. The predicted molar refractivity (Wildman–Crippen MR) is 87.5 cm³/mol. The van der Waals surface area contributed by atoms with Gasteiger partial charge in [0.15, 0.2) is 0 Å². The maximum absolute atomic E-state index is 13.8. The lowest BCUT2D eigenvalue weighted by Crippen LogP contribution is -2.41. The summed E-state index contributed by atoms with van der Waals surface area (Å²) in [6, 6.07) is 6.84.